The molecule has 0 aliphatic carbocycles. The first kappa shape index (κ1) is 26.1. The van der Waals surface area contributed by atoms with Crippen LogP contribution in [0.15, 0.2) is 43.0 Å². The van der Waals surface area contributed by atoms with Crippen molar-refractivity contribution in [2.24, 2.45) is 0 Å². The van der Waals surface area contributed by atoms with Crippen LogP contribution in [0.5, 0.6) is 5.75 Å². The topological polar surface area (TPSA) is 151 Å². The number of imidazole rings is 2. The van der Waals surface area contributed by atoms with Crippen LogP contribution in [-0.2, 0) is 33.9 Å². The van der Waals surface area contributed by atoms with Crippen molar-refractivity contribution >= 4 is 18.9 Å². The van der Waals surface area contributed by atoms with Crippen molar-refractivity contribution in [2.45, 2.75) is 38.8 Å². The number of carboxylic acid groups (broad SMARTS) is 2. The Bertz CT molecular complexity index is 1060. The SMILES string of the molecule is CCc1nccn1CCC(=O)N1Cc2[nH]cnc2C(c2cccc(OC)c2)C1.O=CO.O=CO. The van der Waals surface area contributed by atoms with Gasteiger partial charge in [0.2, 0.25) is 5.91 Å². The number of nitrogens with one attached hydrogen (secondary N) is 1. The number of fused-ring (bicyclic) bond motifs is 1. The maximum absolute atomic E-state index is 13.0. The second-order valence-corrected chi connectivity index (χ2v) is 7.22. The van der Waals surface area contributed by atoms with Crippen LogP contribution in [0.3, 0.4) is 0 Å². The van der Waals surface area contributed by atoms with Gasteiger partial charge in [-0.3, -0.25) is 14.4 Å². The lowest BCUT2D eigenvalue weighted by atomic mass is 9.90. The lowest BCUT2D eigenvalue weighted by molar-refractivity contribution is -0.132. The van der Waals surface area contributed by atoms with E-state index in [9.17, 15) is 4.79 Å². The number of amides is 1. The van der Waals surface area contributed by atoms with E-state index < -0.39 is 0 Å². The van der Waals surface area contributed by atoms with Gasteiger partial charge < -0.3 is 29.4 Å². The van der Waals surface area contributed by atoms with Crippen molar-refractivity contribution in [3.63, 3.8) is 0 Å². The Morgan fingerprint density at radius 1 is 1.26 bits per heavy atom. The first-order valence-corrected chi connectivity index (χ1v) is 10.6. The van der Waals surface area contributed by atoms with E-state index in [-0.39, 0.29) is 24.8 Å². The Balaban J connectivity index is 0.000000618. The van der Waals surface area contributed by atoms with Crippen LogP contribution in [0, 0.1) is 0 Å². The van der Waals surface area contributed by atoms with Gasteiger partial charge in [0.25, 0.3) is 12.9 Å². The third-order valence-corrected chi connectivity index (χ3v) is 5.37. The van der Waals surface area contributed by atoms with E-state index in [2.05, 4.69) is 32.5 Å². The first-order valence-electron chi connectivity index (χ1n) is 10.6. The van der Waals surface area contributed by atoms with Crippen LogP contribution < -0.4 is 4.74 Å². The van der Waals surface area contributed by atoms with Crippen LogP contribution >= 0.6 is 0 Å². The van der Waals surface area contributed by atoms with Crippen molar-refractivity contribution in [1.29, 1.82) is 0 Å². The minimum absolute atomic E-state index is 0.0356. The molecule has 11 heteroatoms. The number of ether oxygens (including phenoxy) is 1. The van der Waals surface area contributed by atoms with Gasteiger partial charge in [0.1, 0.15) is 11.6 Å². The summed E-state index contributed by atoms with van der Waals surface area (Å²) in [4.78, 5) is 43.7. The Morgan fingerprint density at radius 2 is 2.00 bits per heavy atom. The molecule has 4 rings (SSSR count). The third-order valence-electron chi connectivity index (χ3n) is 5.37. The minimum Gasteiger partial charge on any atom is -0.497 e. The van der Waals surface area contributed by atoms with E-state index in [1.165, 1.54) is 0 Å². The monoisotopic (exact) mass is 471 g/mol. The van der Waals surface area contributed by atoms with Gasteiger partial charge in [-0.1, -0.05) is 19.1 Å². The number of hydrogen-bond donors (Lipinski definition) is 3. The molecule has 0 saturated carbocycles. The van der Waals surface area contributed by atoms with E-state index in [1.54, 1.807) is 19.6 Å². The van der Waals surface area contributed by atoms with Gasteiger partial charge in [0.15, 0.2) is 0 Å². The Labute approximate surface area is 197 Å². The van der Waals surface area contributed by atoms with E-state index >= 15 is 0 Å². The van der Waals surface area contributed by atoms with Crippen LogP contribution in [0.1, 0.15) is 42.0 Å². The molecule has 11 nitrogen and oxygen atoms in total. The standard InChI is InChI=1S/C21H25N5O2.2CH2O2/c1-3-19-22-8-10-25(19)9-7-20(27)26-12-17(21-18(13-26)23-14-24-21)15-5-4-6-16(11-15)28-2;2*2-1-3/h4-6,8,10-11,14,17H,3,7,9,12-13H2,1-2H3,(H,23,24);2*1H,(H,2,3). The summed E-state index contributed by atoms with van der Waals surface area (Å²) in [5.74, 6) is 2.00. The molecule has 182 valence electrons. The number of aryl methyl sites for hydroxylation is 2. The maximum Gasteiger partial charge on any atom is 0.290 e. The molecule has 0 radical (unpaired) electrons. The lowest BCUT2D eigenvalue weighted by Gasteiger charge is -2.32. The van der Waals surface area contributed by atoms with Gasteiger partial charge in [-0.2, -0.15) is 0 Å². The predicted octanol–water partition coefficient (Wildman–Crippen LogP) is 2.14. The third kappa shape index (κ3) is 6.67. The number of rotatable bonds is 6. The summed E-state index contributed by atoms with van der Waals surface area (Å²) in [5.41, 5.74) is 3.12. The molecule has 34 heavy (non-hydrogen) atoms. The molecule has 1 amide bonds. The molecule has 3 heterocycles. The highest BCUT2D eigenvalue weighted by atomic mass is 16.5. The molecule has 0 spiro atoms. The fourth-order valence-electron chi connectivity index (χ4n) is 3.86. The molecule has 2 aromatic heterocycles. The molecule has 1 aliphatic rings. The number of nitrogens with zero attached hydrogens (tertiary/aromatic N) is 4. The van der Waals surface area contributed by atoms with Crippen LogP contribution in [0.25, 0.3) is 0 Å². The normalized spacial score (nSPS) is 13.9. The molecular weight excluding hydrogens is 442 g/mol. The van der Waals surface area contributed by atoms with Crippen LogP contribution in [0.2, 0.25) is 0 Å². The van der Waals surface area contributed by atoms with E-state index in [1.807, 2.05) is 29.3 Å². The number of carbonyl (C=O) groups excluding carboxylic acids is 1. The number of hydrogen-bond acceptors (Lipinski definition) is 6. The molecule has 3 aromatic rings. The fourth-order valence-corrected chi connectivity index (χ4v) is 3.86. The van der Waals surface area contributed by atoms with E-state index in [4.69, 9.17) is 24.5 Å². The highest BCUT2D eigenvalue weighted by molar-refractivity contribution is 5.76. The molecule has 1 unspecified atom stereocenters. The van der Waals surface area contributed by atoms with Crippen molar-refractivity contribution in [1.82, 2.24) is 24.4 Å². The van der Waals surface area contributed by atoms with Crippen molar-refractivity contribution in [3.05, 3.63) is 65.8 Å². The van der Waals surface area contributed by atoms with Crippen molar-refractivity contribution < 1.29 is 29.3 Å². The number of H-pyrrole nitrogens is 1. The fraction of sp³-hybridized carbons (Fsp3) is 0.348. The average molecular weight is 472 g/mol. The summed E-state index contributed by atoms with van der Waals surface area (Å²) in [7, 11) is 1.66. The first-order chi connectivity index (χ1) is 16.5. The number of aromatic amines is 1. The van der Waals surface area contributed by atoms with E-state index in [0.717, 1.165) is 34.9 Å². The largest absolute Gasteiger partial charge is 0.497 e. The Morgan fingerprint density at radius 3 is 2.68 bits per heavy atom. The quantitative estimate of drug-likeness (QED) is 0.463. The molecule has 0 bridgehead atoms. The number of benzene rings is 1. The lowest BCUT2D eigenvalue weighted by Crippen LogP contribution is -2.39. The smallest absolute Gasteiger partial charge is 0.290 e. The number of aromatic nitrogens is 4. The summed E-state index contributed by atoms with van der Waals surface area (Å²) >= 11 is 0. The molecule has 1 aromatic carbocycles. The predicted molar refractivity (Wildman–Crippen MR) is 122 cm³/mol. The maximum atomic E-state index is 13.0. The average Bonchev–Trinajstić information content (AvgIpc) is 3.52. The highest BCUT2D eigenvalue weighted by Crippen LogP contribution is 2.33. The molecule has 0 saturated heterocycles. The van der Waals surface area contributed by atoms with Gasteiger partial charge in [-0.05, 0) is 17.7 Å². The summed E-state index contributed by atoms with van der Waals surface area (Å²) in [5, 5.41) is 13.8. The summed E-state index contributed by atoms with van der Waals surface area (Å²) < 4.78 is 7.43. The van der Waals surface area contributed by atoms with Gasteiger partial charge in [-0.25, -0.2) is 9.97 Å². The molecule has 3 N–H and O–H groups in total. The summed E-state index contributed by atoms with van der Waals surface area (Å²) in [6.45, 7) is 3.41. The molecule has 1 aliphatic heterocycles. The Hall–Kier alpha value is -4.15. The van der Waals surface area contributed by atoms with Gasteiger partial charge in [-0.15, -0.1) is 0 Å². The second-order valence-electron chi connectivity index (χ2n) is 7.22. The van der Waals surface area contributed by atoms with Crippen molar-refractivity contribution in [3.8, 4) is 5.75 Å². The second kappa shape index (κ2) is 13.4. The highest BCUT2D eigenvalue weighted by Gasteiger charge is 2.31. The Kier molecular flexibility index (Phi) is 10.3. The summed E-state index contributed by atoms with van der Waals surface area (Å²) in [6.07, 6.45) is 6.76. The zero-order valence-corrected chi connectivity index (χ0v) is 19.1. The number of methoxy groups -OCH3 is 1. The number of carbonyl (C=O) groups is 3. The van der Waals surface area contributed by atoms with Crippen molar-refractivity contribution in [2.75, 3.05) is 13.7 Å². The summed E-state index contributed by atoms with van der Waals surface area (Å²) in [6, 6.07) is 8.00. The van der Waals surface area contributed by atoms with Gasteiger partial charge in [0.05, 0.1) is 31.4 Å². The zero-order chi connectivity index (χ0) is 24.9. The minimum atomic E-state index is -0.250. The van der Waals surface area contributed by atoms with Gasteiger partial charge in [0, 0.05) is 44.2 Å². The van der Waals surface area contributed by atoms with E-state index in [0.29, 0.717) is 26.1 Å². The molecule has 1 atom stereocenters. The van der Waals surface area contributed by atoms with Crippen LogP contribution in [-0.4, -0.2) is 67.1 Å². The zero-order valence-electron chi connectivity index (χ0n) is 19.1. The van der Waals surface area contributed by atoms with Gasteiger partial charge >= 0.3 is 0 Å². The molecular formula is C23H29N5O6. The molecule has 0 fully saturated rings. The van der Waals surface area contributed by atoms with Crippen LogP contribution in [0.4, 0.5) is 0 Å².